The summed E-state index contributed by atoms with van der Waals surface area (Å²) in [6.45, 7) is 0. The molecule has 29 heavy (non-hydrogen) atoms. The summed E-state index contributed by atoms with van der Waals surface area (Å²) in [5.41, 5.74) is 7.42. The van der Waals surface area contributed by atoms with E-state index in [2.05, 4.69) is 4.98 Å². The number of benzene rings is 1. The molecule has 0 saturated heterocycles. The van der Waals surface area contributed by atoms with Crippen molar-refractivity contribution < 1.29 is 17.6 Å². The van der Waals surface area contributed by atoms with E-state index in [0.717, 1.165) is 29.0 Å². The zero-order valence-electron chi connectivity index (χ0n) is 16.0. The molecular weight excluding hydrogens is 414 g/mol. The maximum Gasteiger partial charge on any atom is 0.253 e. The Labute approximate surface area is 173 Å². The second-order valence-electron chi connectivity index (χ2n) is 7.38. The minimum Gasteiger partial charge on any atom is -0.437 e. The van der Waals surface area contributed by atoms with Gasteiger partial charge < -0.3 is 10.2 Å². The van der Waals surface area contributed by atoms with Crippen LogP contribution in [0.3, 0.4) is 0 Å². The van der Waals surface area contributed by atoms with Gasteiger partial charge in [0.15, 0.2) is 0 Å². The van der Waals surface area contributed by atoms with Crippen LogP contribution in [-0.2, 0) is 16.4 Å². The minimum absolute atomic E-state index is 0.161. The van der Waals surface area contributed by atoms with E-state index in [1.54, 1.807) is 30.3 Å². The van der Waals surface area contributed by atoms with Gasteiger partial charge in [0.05, 0.1) is 17.2 Å². The van der Waals surface area contributed by atoms with Crippen molar-refractivity contribution in [3.8, 4) is 11.3 Å². The number of carbonyl (C=O) groups excluding carboxylic acids is 1. The zero-order chi connectivity index (χ0) is 20.9. The lowest BCUT2D eigenvalue weighted by molar-refractivity contribution is 0.100. The molecule has 152 valence electrons. The van der Waals surface area contributed by atoms with Gasteiger partial charge in [-0.1, -0.05) is 11.6 Å². The molecule has 1 aromatic carbocycles. The fourth-order valence-electron chi connectivity index (χ4n) is 3.32. The average Bonchev–Trinajstić information content (AvgIpc) is 3.38. The number of furan rings is 1. The molecule has 1 aliphatic rings. The number of carbonyl (C=O) groups is 1. The second kappa shape index (κ2) is 7.03. The Hall–Kier alpha value is -2.58. The Morgan fingerprint density at radius 3 is 2.52 bits per heavy atom. The van der Waals surface area contributed by atoms with Gasteiger partial charge in [-0.15, -0.1) is 0 Å². The van der Waals surface area contributed by atoms with E-state index in [9.17, 15) is 13.2 Å². The maximum absolute atomic E-state index is 12.3. The normalized spacial score (nSPS) is 14.3. The second-order valence-corrected chi connectivity index (χ2v) is 9.83. The number of fused-ring (bicyclic) bond motifs is 1. The van der Waals surface area contributed by atoms with Crippen LogP contribution in [0.25, 0.3) is 22.4 Å². The number of nitrogens with zero attached hydrogens (tertiary/aromatic N) is 2. The van der Waals surface area contributed by atoms with Gasteiger partial charge >= 0.3 is 0 Å². The predicted octanol–water partition coefficient (Wildman–Crippen LogP) is 3.60. The molecule has 0 aliphatic heterocycles. The van der Waals surface area contributed by atoms with E-state index in [1.807, 2.05) is 0 Å². The van der Waals surface area contributed by atoms with Gasteiger partial charge in [-0.25, -0.2) is 8.42 Å². The van der Waals surface area contributed by atoms with Gasteiger partial charge in [0, 0.05) is 17.6 Å². The van der Waals surface area contributed by atoms with Crippen molar-refractivity contribution in [1.29, 1.82) is 0 Å². The molecule has 9 heteroatoms. The van der Waals surface area contributed by atoms with E-state index in [4.69, 9.17) is 21.8 Å². The smallest absolute Gasteiger partial charge is 0.253 e. The van der Waals surface area contributed by atoms with Crippen LogP contribution in [0.1, 0.15) is 28.8 Å². The standard InChI is InChI=1S/C20H20ClN3O4S/c1-24(29(2,26)27)19-13(9-11-3-4-11)10-15-16(18(22)25)17(28-20(15)23-19)12-5-7-14(21)8-6-12/h5-8,10-11H,3-4,9H2,1-2H3,(H2,22,25). The first-order valence-corrected chi connectivity index (χ1v) is 11.3. The number of aromatic nitrogens is 1. The average molecular weight is 434 g/mol. The number of sulfonamides is 1. The van der Waals surface area contributed by atoms with Crippen molar-refractivity contribution in [3.63, 3.8) is 0 Å². The number of amides is 1. The van der Waals surface area contributed by atoms with E-state index < -0.39 is 15.9 Å². The van der Waals surface area contributed by atoms with Gasteiger partial charge in [0.25, 0.3) is 5.91 Å². The van der Waals surface area contributed by atoms with Crippen LogP contribution in [-0.4, -0.2) is 32.6 Å². The molecule has 0 atom stereocenters. The Morgan fingerprint density at radius 2 is 1.97 bits per heavy atom. The lowest BCUT2D eigenvalue weighted by Crippen LogP contribution is -2.27. The SMILES string of the molecule is CN(c1nc2oc(-c3ccc(Cl)cc3)c(C(N)=O)c2cc1CC1CC1)S(C)(=O)=O. The number of primary amides is 1. The molecule has 1 aliphatic carbocycles. The number of hydrogen-bond acceptors (Lipinski definition) is 5. The number of rotatable bonds is 6. The molecule has 1 saturated carbocycles. The molecular formula is C20H20ClN3O4S. The highest BCUT2D eigenvalue weighted by Crippen LogP contribution is 2.39. The Balaban J connectivity index is 1.96. The number of anilines is 1. The number of halogens is 1. The minimum atomic E-state index is -3.52. The largest absolute Gasteiger partial charge is 0.437 e. The molecule has 2 aromatic heterocycles. The molecule has 0 spiro atoms. The topological polar surface area (TPSA) is 106 Å². The van der Waals surface area contributed by atoms with Crippen molar-refractivity contribution in [2.75, 3.05) is 17.6 Å². The molecule has 0 radical (unpaired) electrons. The summed E-state index contributed by atoms with van der Waals surface area (Å²) in [4.78, 5) is 16.7. The molecule has 3 aromatic rings. The van der Waals surface area contributed by atoms with Crippen molar-refractivity contribution >= 4 is 44.4 Å². The fraction of sp³-hybridized carbons (Fsp3) is 0.300. The Bertz CT molecular complexity index is 1210. The lowest BCUT2D eigenvalue weighted by Gasteiger charge is -2.19. The summed E-state index contributed by atoms with van der Waals surface area (Å²) in [7, 11) is -2.06. The third-order valence-corrected chi connectivity index (χ3v) is 6.51. The predicted molar refractivity (Wildman–Crippen MR) is 113 cm³/mol. The van der Waals surface area contributed by atoms with Crippen LogP contribution in [0.15, 0.2) is 34.7 Å². The quantitative estimate of drug-likeness (QED) is 0.639. The lowest BCUT2D eigenvalue weighted by atomic mass is 10.0. The van der Waals surface area contributed by atoms with Crippen LogP contribution < -0.4 is 10.0 Å². The highest BCUT2D eigenvalue weighted by Gasteiger charge is 2.29. The monoisotopic (exact) mass is 433 g/mol. The van der Waals surface area contributed by atoms with Gasteiger partial charge in [-0.2, -0.15) is 4.98 Å². The van der Waals surface area contributed by atoms with E-state index in [1.165, 1.54) is 7.05 Å². The van der Waals surface area contributed by atoms with Crippen LogP contribution >= 0.6 is 11.6 Å². The number of pyridine rings is 1. The van der Waals surface area contributed by atoms with Crippen molar-refractivity contribution in [1.82, 2.24) is 4.98 Å². The summed E-state index contributed by atoms with van der Waals surface area (Å²) in [6.07, 6.45) is 3.97. The van der Waals surface area contributed by atoms with Gasteiger partial charge in [0.1, 0.15) is 11.6 Å². The summed E-state index contributed by atoms with van der Waals surface area (Å²) in [5.74, 6) is 0.435. The van der Waals surface area contributed by atoms with Crippen LogP contribution in [0.2, 0.25) is 5.02 Å². The van der Waals surface area contributed by atoms with Crippen LogP contribution in [0.4, 0.5) is 5.82 Å². The third-order valence-electron chi connectivity index (χ3n) is 5.09. The Kier molecular flexibility index (Phi) is 4.78. The molecule has 2 N–H and O–H groups in total. The van der Waals surface area contributed by atoms with Crippen molar-refractivity contribution in [2.45, 2.75) is 19.3 Å². The first-order valence-electron chi connectivity index (χ1n) is 9.11. The van der Waals surface area contributed by atoms with E-state index in [-0.39, 0.29) is 17.0 Å². The van der Waals surface area contributed by atoms with Crippen LogP contribution in [0.5, 0.6) is 0 Å². The van der Waals surface area contributed by atoms with Gasteiger partial charge in [-0.3, -0.25) is 9.10 Å². The van der Waals surface area contributed by atoms with Gasteiger partial charge in [-0.05, 0) is 61.1 Å². The first kappa shape index (κ1) is 19.7. The van der Waals surface area contributed by atoms with Crippen molar-refractivity contribution in [2.24, 2.45) is 11.7 Å². The van der Waals surface area contributed by atoms with Crippen LogP contribution in [0, 0.1) is 5.92 Å². The summed E-state index contributed by atoms with van der Waals surface area (Å²) >= 11 is 5.96. The third kappa shape index (κ3) is 3.82. The summed E-state index contributed by atoms with van der Waals surface area (Å²) in [5, 5.41) is 1.02. The molecule has 2 heterocycles. The fourth-order valence-corrected chi connectivity index (χ4v) is 3.92. The number of hydrogen-bond donors (Lipinski definition) is 1. The van der Waals surface area contributed by atoms with E-state index >= 15 is 0 Å². The van der Waals surface area contributed by atoms with Gasteiger partial charge in [0.2, 0.25) is 15.7 Å². The molecule has 7 nitrogen and oxygen atoms in total. The zero-order valence-corrected chi connectivity index (χ0v) is 17.5. The molecule has 4 rings (SSSR count). The number of nitrogens with two attached hydrogens (primary N) is 1. The highest BCUT2D eigenvalue weighted by molar-refractivity contribution is 7.92. The maximum atomic E-state index is 12.3. The molecule has 0 unspecified atom stereocenters. The van der Waals surface area contributed by atoms with Crippen molar-refractivity contribution in [3.05, 3.63) is 46.5 Å². The molecule has 1 amide bonds. The molecule has 0 bridgehead atoms. The highest BCUT2D eigenvalue weighted by atomic mass is 35.5. The summed E-state index contributed by atoms with van der Waals surface area (Å²) in [6, 6.07) is 8.59. The first-order chi connectivity index (χ1) is 13.6. The van der Waals surface area contributed by atoms with E-state index in [0.29, 0.717) is 34.1 Å². The summed E-state index contributed by atoms with van der Waals surface area (Å²) < 4.78 is 31.3. The Morgan fingerprint density at radius 1 is 1.31 bits per heavy atom. The molecule has 1 fully saturated rings.